The third kappa shape index (κ3) is 2.28. The van der Waals surface area contributed by atoms with Crippen molar-refractivity contribution >= 4 is 67.4 Å². The number of furan rings is 1. The van der Waals surface area contributed by atoms with Gasteiger partial charge in [-0.05, 0) is 24.4 Å². The van der Waals surface area contributed by atoms with E-state index in [1.54, 1.807) is 0 Å². The summed E-state index contributed by atoms with van der Waals surface area (Å²) in [5.74, 6) is -0.499. The molecule has 1 aromatic heterocycles. The molecule has 3 rings (SSSR count). The van der Waals surface area contributed by atoms with Crippen molar-refractivity contribution in [3.05, 3.63) is 28.2 Å². The maximum Gasteiger partial charge on any atom is 0.300 e. The van der Waals surface area contributed by atoms with Gasteiger partial charge in [0.05, 0.1) is 10.0 Å². The Balaban J connectivity index is 2.14. The number of carbonyl (C=O) groups excluding carboxylic acids is 1. The summed E-state index contributed by atoms with van der Waals surface area (Å²) >= 11 is 16.7. The monoisotopic (exact) mass is 364 g/mol. The zero-order valence-corrected chi connectivity index (χ0v) is 13.2. The first-order valence-electron chi connectivity index (χ1n) is 5.55. The Bertz CT molecular complexity index is 891. The van der Waals surface area contributed by atoms with E-state index in [9.17, 15) is 13.2 Å². The van der Waals surface area contributed by atoms with Crippen LogP contribution in [0.1, 0.15) is 0 Å². The molecule has 1 N–H and O–H groups in total. The van der Waals surface area contributed by atoms with Crippen LogP contribution in [0.4, 0.5) is 0 Å². The Kier molecular flexibility index (Phi) is 3.36. The number of fused-ring (bicyclic) bond motifs is 1. The molecule has 0 spiro atoms. The van der Waals surface area contributed by atoms with E-state index in [0.29, 0.717) is 5.39 Å². The van der Waals surface area contributed by atoms with Gasteiger partial charge in [0, 0.05) is 11.5 Å². The lowest BCUT2D eigenvalue weighted by Crippen LogP contribution is -2.33. The molecule has 1 aromatic carbocycles. The van der Waals surface area contributed by atoms with Crippen LogP contribution >= 0.6 is 35.4 Å². The highest BCUT2D eigenvalue weighted by atomic mass is 35.5. The number of carbonyl (C=O) groups is 1. The van der Waals surface area contributed by atoms with Crippen LogP contribution in [0.25, 0.3) is 11.0 Å². The van der Waals surface area contributed by atoms with Crippen molar-refractivity contribution in [3.63, 3.8) is 0 Å². The summed E-state index contributed by atoms with van der Waals surface area (Å²) in [6.07, 6.45) is 0. The topological polar surface area (TPSA) is 79.6 Å². The van der Waals surface area contributed by atoms with E-state index in [1.807, 2.05) is 0 Å². The molecule has 1 aliphatic rings. The minimum Gasteiger partial charge on any atom is -0.443 e. The average Bonchev–Trinajstić information content (AvgIpc) is 2.98. The fraction of sp³-hybridized carbons (Fsp3) is 0.0909. The number of amides is 1. The highest BCUT2D eigenvalue weighted by Crippen LogP contribution is 2.34. The van der Waals surface area contributed by atoms with E-state index < -0.39 is 15.9 Å². The third-order valence-electron chi connectivity index (χ3n) is 2.87. The van der Waals surface area contributed by atoms with Crippen LogP contribution in [0.2, 0.25) is 10.0 Å². The minimum atomic E-state index is -4.07. The van der Waals surface area contributed by atoms with Gasteiger partial charge in [-0.2, -0.15) is 8.42 Å². The van der Waals surface area contributed by atoms with Gasteiger partial charge in [0.25, 0.3) is 10.0 Å². The van der Waals surface area contributed by atoms with E-state index in [4.69, 9.17) is 39.8 Å². The van der Waals surface area contributed by atoms with E-state index in [2.05, 4.69) is 5.32 Å². The van der Waals surface area contributed by atoms with E-state index >= 15 is 0 Å². The van der Waals surface area contributed by atoms with Crippen LogP contribution < -0.4 is 5.32 Å². The molecule has 1 aliphatic heterocycles. The van der Waals surface area contributed by atoms with Gasteiger partial charge < -0.3 is 9.73 Å². The van der Waals surface area contributed by atoms with Crippen molar-refractivity contribution in [1.82, 2.24) is 9.62 Å². The number of thiocarbonyl (C=S) groups is 1. The lowest BCUT2D eigenvalue weighted by atomic mass is 10.2. The van der Waals surface area contributed by atoms with Crippen molar-refractivity contribution in [2.24, 2.45) is 0 Å². The van der Waals surface area contributed by atoms with Crippen molar-refractivity contribution in [3.8, 4) is 0 Å². The predicted molar refractivity (Wildman–Crippen MR) is 80.9 cm³/mol. The largest absolute Gasteiger partial charge is 0.443 e. The molecule has 21 heavy (non-hydrogen) atoms. The molecule has 6 nitrogen and oxygen atoms in total. The summed E-state index contributed by atoms with van der Waals surface area (Å²) in [6.45, 7) is -0.382. The number of nitrogens with zero attached hydrogens (tertiary/aromatic N) is 1. The molecular weight excluding hydrogens is 359 g/mol. The van der Waals surface area contributed by atoms with Crippen LogP contribution in [-0.4, -0.2) is 30.3 Å². The van der Waals surface area contributed by atoms with Crippen LogP contribution in [0.3, 0.4) is 0 Å². The zero-order chi connectivity index (χ0) is 15.4. The van der Waals surface area contributed by atoms with Crippen LogP contribution in [0.5, 0.6) is 0 Å². The Labute approximate surface area is 134 Å². The van der Waals surface area contributed by atoms with E-state index in [1.165, 1.54) is 18.2 Å². The second-order valence-electron chi connectivity index (χ2n) is 4.20. The highest BCUT2D eigenvalue weighted by Gasteiger charge is 2.37. The van der Waals surface area contributed by atoms with Crippen molar-refractivity contribution in [2.75, 3.05) is 6.54 Å². The van der Waals surface area contributed by atoms with Crippen LogP contribution in [0, 0.1) is 0 Å². The number of nitrogens with one attached hydrogen (secondary N) is 1. The van der Waals surface area contributed by atoms with Gasteiger partial charge in [-0.1, -0.05) is 23.2 Å². The molecule has 1 amide bonds. The van der Waals surface area contributed by atoms with Gasteiger partial charge in [0.15, 0.2) is 5.11 Å². The lowest BCUT2D eigenvalue weighted by molar-refractivity contribution is -0.118. The van der Waals surface area contributed by atoms with Gasteiger partial charge in [0.1, 0.15) is 12.1 Å². The summed E-state index contributed by atoms with van der Waals surface area (Å²) in [7, 11) is -4.07. The summed E-state index contributed by atoms with van der Waals surface area (Å²) < 4.78 is 30.9. The SMILES string of the molecule is O=C1CN(S(=O)(=O)c2cc3c(Cl)c(Cl)ccc3o2)C(=S)N1. The minimum absolute atomic E-state index is 0.190. The van der Waals surface area contributed by atoms with Crippen molar-refractivity contribution < 1.29 is 17.6 Å². The fourth-order valence-corrected chi connectivity index (χ4v) is 3.96. The maximum absolute atomic E-state index is 12.4. The van der Waals surface area contributed by atoms with E-state index in [0.717, 1.165) is 4.31 Å². The molecule has 1 fully saturated rings. The molecule has 2 heterocycles. The Morgan fingerprint density at radius 2 is 2.05 bits per heavy atom. The molecule has 0 atom stereocenters. The van der Waals surface area contributed by atoms with Gasteiger partial charge in [-0.15, -0.1) is 0 Å². The maximum atomic E-state index is 12.4. The lowest BCUT2D eigenvalue weighted by Gasteiger charge is -2.13. The predicted octanol–water partition coefficient (Wildman–Crippen LogP) is 2.15. The Morgan fingerprint density at radius 3 is 2.67 bits per heavy atom. The fourth-order valence-electron chi connectivity index (χ4n) is 1.88. The summed E-state index contributed by atoms with van der Waals surface area (Å²) in [4.78, 5) is 11.2. The first-order chi connectivity index (χ1) is 9.80. The van der Waals surface area contributed by atoms with Gasteiger partial charge in [-0.25, -0.2) is 4.31 Å². The van der Waals surface area contributed by atoms with Crippen molar-refractivity contribution in [2.45, 2.75) is 5.09 Å². The molecule has 110 valence electrons. The van der Waals surface area contributed by atoms with Gasteiger partial charge >= 0.3 is 0 Å². The molecule has 0 aliphatic carbocycles. The van der Waals surface area contributed by atoms with Crippen molar-refractivity contribution in [1.29, 1.82) is 0 Å². The number of benzene rings is 1. The van der Waals surface area contributed by atoms with Gasteiger partial charge in [-0.3, -0.25) is 4.79 Å². The zero-order valence-electron chi connectivity index (χ0n) is 10.1. The molecule has 2 aromatic rings. The molecule has 0 unspecified atom stereocenters. The number of hydrogen-bond donors (Lipinski definition) is 1. The molecule has 1 saturated heterocycles. The first kappa shape index (κ1) is 14.6. The second-order valence-corrected chi connectivity index (χ2v) is 7.17. The van der Waals surface area contributed by atoms with E-state index in [-0.39, 0.29) is 32.4 Å². The molecular formula is C11H6Cl2N2O4S2. The quantitative estimate of drug-likeness (QED) is 0.825. The first-order valence-corrected chi connectivity index (χ1v) is 8.15. The normalized spacial score (nSPS) is 15.8. The standard InChI is InChI=1S/C11H6Cl2N2O4S2/c12-6-1-2-7-5(10(6)13)3-9(19-7)21(17,18)15-4-8(16)14-11(15)20/h1-3H,4H2,(H,14,16,20). The number of hydrogen-bond acceptors (Lipinski definition) is 5. The number of halogens is 2. The summed E-state index contributed by atoms with van der Waals surface area (Å²) in [6, 6.07) is 4.26. The molecule has 10 heteroatoms. The summed E-state index contributed by atoms with van der Waals surface area (Å²) in [5, 5.41) is 2.54. The number of sulfonamides is 1. The third-order valence-corrected chi connectivity index (χ3v) is 5.73. The van der Waals surface area contributed by atoms with Crippen LogP contribution in [-0.2, 0) is 14.8 Å². The Morgan fingerprint density at radius 1 is 1.33 bits per heavy atom. The molecule has 0 radical (unpaired) electrons. The smallest absolute Gasteiger partial charge is 0.300 e. The summed E-state index contributed by atoms with van der Waals surface area (Å²) in [5.41, 5.74) is 0.271. The average molecular weight is 365 g/mol. The Hall–Kier alpha value is -1.35. The van der Waals surface area contributed by atoms with Gasteiger partial charge in [0.2, 0.25) is 11.0 Å². The molecule has 0 saturated carbocycles. The molecule has 0 bridgehead atoms. The number of rotatable bonds is 2. The second kappa shape index (κ2) is 4.84. The van der Waals surface area contributed by atoms with Crippen LogP contribution in [0.15, 0.2) is 27.7 Å². The highest BCUT2D eigenvalue weighted by molar-refractivity contribution is 7.91.